The maximum absolute atomic E-state index is 9.34. The molecular formula is C15H23BrN2O. The molecule has 1 aliphatic carbocycles. The second-order valence-electron chi connectivity index (χ2n) is 5.50. The quantitative estimate of drug-likeness (QED) is 0.808. The molecule has 1 fully saturated rings. The lowest BCUT2D eigenvalue weighted by Gasteiger charge is -2.22. The molecule has 1 saturated carbocycles. The van der Waals surface area contributed by atoms with E-state index in [-0.39, 0.29) is 6.10 Å². The molecule has 0 radical (unpaired) electrons. The van der Waals surface area contributed by atoms with E-state index in [1.54, 1.807) is 0 Å². The van der Waals surface area contributed by atoms with Crippen molar-refractivity contribution >= 4 is 21.6 Å². The van der Waals surface area contributed by atoms with Crippen LogP contribution in [0.3, 0.4) is 0 Å². The number of aliphatic hydroxyl groups is 1. The van der Waals surface area contributed by atoms with Gasteiger partial charge < -0.3 is 15.3 Å². The standard InChI is InChI=1S/C15H23BrN2O/c1-11(19)7-8-18(2)15-6-3-12(9-14(15)16)10-17-13-4-5-13/h3,6,9,11,13,17,19H,4-5,7-8,10H2,1-2H3. The fourth-order valence-electron chi connectivity index (χ4n) is 2.02. The molecule has 1 aromatic carbocycles. The van der Waals surface area contributed by atoms with E-state index in [1.807, 2.05) is 6.92 Å². The van der Waals surface area contributed by atoms with Crippen LogP contribution < -0.4 is 10.2 Å². The first-order valence-corrected chi connectivity index (χ1v) is 7.76. The van der Waals surface area contributed by atoms with Crippen LogP contribution in [0.1, 0.15) is 31.7 Å². The zero-order valence-electron chi connectivity index (χ0n) is 11.7. The van der Waals surface area contributed by atoms with Gasteiger partial charge in [-0.15, -0.1) is 0 Å². The lowest BCUT2D eigenvalue weighted by Crippen LogP contribution is -2.22. The van der Waals surface area contributed by atoms with Gasteiger partial charge in [0.25, 0.3) is 0 Å². The van der Waals surface area contributed by atoms with Crippen LogP contribution in [0.2, 0.25) is 0 Å². The minimum atomic E-state index is -0.247. The van der Waals surface area contributed by atoms with Gasteiger partial charge in [0.15, 0.2) is 0 Å². The minimum absolute atomic E-state index is 0.247. The van der Waals surface area contributed by atoms with Crippen molar-refractivity contribution < 1.29 is 5.11 Å². The zero-order valence-corrected chi connectivity index (χ0v) is 13.3. The first kappa shape index (κ1) is 14.8. The number of halogens is 1. The molecule has 106 valence electrons. The topological polar surface area (TPSA) is 35.5 Å². The molecule has 3 nitrogen and oxygen atoms in total. The predicted molar refractivity (Wildman–Crippen MR) is 83.6 cm³/mol. The Kier molecular flexibility index (Phi) is 5.25. The summed E-state index contributed by atoms with van der Waals surface area (Å²) in [6.45, 7) is 3.63. The highest BCUT2D eigenvalue weighted by Crippen LogP contribution is 2.27. The molecule has 19 heavy (non-hydrogen) atoms. The van der Waals surface area contributed by atoms with E-state index >= 15 is 0 Å². The molecule has 1 unspecified atom stereocenters. The highest BCUT2D eigenvalue weighted by atomic mass is 79.9. The second kappa shape index (κ2) is 6.73. The van der Waals surface area contributed by atoms with Gasteiger partial charge in [0.1, 0.15) is 0 Å². The summed E-state index contributed by atoms with van der Waals surface area (Å²) < 4.78 is 1.12. The van der Waals surface area contributed by atoms with Crippen molar-refractivity contribution in [2.45, 2.75) is 44.9 Å². The second-order valence-corrected chi connectivity index (χ2v) is 6.35. The van der Waals surface area contributed by atoms with E-state index in [2.05, 4.69) is 51.4 Å². The summed E-state index contributed by atoms with van der Waals surface area (Å²) in [6, 6.07) is 7.25. The van der Waals surface area contributed by atoms with E-state index in [0.717, 1.165) is 30.0 Å². The van der Waals surface area contributed by atoms with Crippen molar-refractivity contribution in [2.24, 2.45) is 0 Å². The van der Waals surface area contributed by atoms with Crippen molar-refractivity contribution in [3.63, 3.8) is 0 Å². The summed E-state index contributed by atoms with van der Waals surface area (Å²) in [5.74, 6) is 0. The van der Waals surface area contributed by atoms with Crippen LogP contribution in [0.4, 0.5) is 5.69 Å². The number of hydrogen-bond donors (Lipinski definition) is 2. The van der Waals surface area contributed by atoms with Gasteiger partial charge in [-0.2, -0.15) is 0 Å². The summed E-state index contributed by atoms with van der Waals surface area (Å²) in [6.07, 6.45) is 3.18. The third kappa shape index (κ3) is 4.79. The van der Waals surface area contributed by atoms with Gasteiger partial charge in [-0.05, 0) is 59.8 Å². The fraction of sp³-hybridized carbons (Fsp3) is 0.600. The minimum Gasteiger partial charge on any atom is -0.393 e. The van der Waals surface area contributed by atoms with E-state index < -0.39 is 0 Å². The molecule has 4 heteroatoms. The van der Waals surface area contributed by atoms with E-state index in [4.69, 9.17) is 0 Å². The summed E-state index contributed by atoms with van der Waals surface area (Å²) in [5.41, 5.74) is 2.49. The van der Waals surface area contributed by atoms with Crippen molar-refractivity contribution in [2.75, 3.05) is 18.5 Å². The summed E-state index contributed by atoms with van der Waals surface area (Å²) in [5, 5.41) is 12.9. The molecule has 1 aliphatic rings. The Balaban J connectivity index is 1.92. The number of anilines is 1. The van der Waals surface area contributed by atoms with Gasteiger partial charge in [-0.3, -0.25) is 0 Å². The molecule has 0 saturated heterocycles. The number of nitrogens with zero attached hydrogens (tertiary/aromatic N) is 1. The number of nitrogens with one attached hydrogen (secondary N) is 1. The molecule has 0 bridgehead atoms. The third-order valence-electron chi connectivity index (χ3n) is 3.48. The normalized spacial score (nSPS) is 16.4. The van der Waals surface area contributed by atoms with E-state index in [9.17, 15) is 5.11 Å². The Bertz CT molecular complexity index is 419. The number of benzene rings is 1. The van der Waals surface area contributed by atoms with Crippen LogP contribution in [0, 0.1) is 0 Å². The monoisotopic (exact) mass is 326 g/mol. The lowest BCUT2D eigenvalue weighted by atomic mass is 10.2. The first-order valence-electron chi connectivity index (χ1n) is 6.97. The molecule has 2 N–H and O–H groups in total. The average molecular weight is 327 g/mol. The Hall–Kier alpha value is -0.580. The van der Waals surface area contributed by atoms with Crippen molar-refractivity contribution in [1.29, 1.82) is 0 Å². The molecule has 1 atom stereocenters. The smallest absolute Gasteiger partial charge is 0.0528 e. The first-order chi connectivity index (χ1) is 9.06. The van der Waals surface area contributed by atoms with Gasteiger partial charge >= 0.3 is 0 Å². The van der Waals surface area contributed by atoms with Gasteiger partial charge in [-0.25, -0.2) is 0 Å². The van der Waals surface area contributed by atoms with Crippen LogP contribution in [0.5, 0.6) is 0 Å². The Morgan fingerprint density at radius 1 is 1.47 bits per heavy atom. The molecule has 0 heterocycles. The number of rotatable bonds is 7. The average Bonchev–Trinajstić information content (AvgIpc) is 3.17. The van der Waals surface area contributed by atoms with Crippen LogP contribution in [0.25, 0.3) is 0 Å². The molecule has 0 spiro atoms. The van der Waals surface area contributed by atoms with Crippen LogP contribution in [-0.2, 0) is 6.54 Å². The van der Waals surface area contributed by atoms with Crippen LogP contribution in [-0.4, -0.2) is 30.8 Å². The summed E-state index contributed by atoms with van der Waals surface area (Å²) in [7, 11) is 2.06. The zero-order chi connectivity index (χ0) is 13.8. The number of aliphatic hydroxyl groups excluding tert-OH is 1. The fourth-order valence-corrected chi connectivity index (χ4v) is 2.75. The molecular weight excluding hydrogens is 304 g/mol. The van der Waals surface area contributed by atoms with Gasteiger partial charge in [0.2, 0.25) is 0 Å². The SMILES string of the molecule is CC(O)CCN(C)c1ccc(CNC2CC2)cc1Br. The van der Waals surface area contributed by atoms with Crippen molar-refractivity contribution in [3.8, 4) is 0 Å². The summed E-state index contributed by atoms with van der Waals surface area (Å²) >= 11 is 3.65. The van der Waals surface area contributed by atoms with Crippen LogP contribution in [0.15, 0.2) is 22.7 Å². The van der Waals surface area contributed by atoms with E-state index in [1.165, 1.54) is 24.1 Å². The largest absolute Gasteiger partial charge is 0.393 e. The molecule has 1 aromatic rings. The Morgan fingerprint density at radius 2 is 2.21 bits per heavy atom. The highest BCUT2D eigenvalue weighted by molar-refractivity contribution is 9.10. The molecule has 0 aromatic heterocycles. The summed E-state index contributed by atoms with van der Waals surface area (Å²) in [4.78, 5) is 2.18. The molecule has 0 aliphatic heterocycles. The van der Waals surface area contributed by atoms with Gasteiger partial charge in [-0.1, -0.05) is 6.07 Å². The van der Waals surface area contributed by atoms with Gasteiger partial charge in [0, 0.05) is 30.7 Å². The lowest BCUT2D eigenvalue weighted by molar-refractivity contribution is 0.187. The maximum Gasteiger partial charge on any atom is 0.0528 e. The van der Waals surface area contributed by atoms with Gasteiger partial charge in [0.05, 0.1) is 11.8 Å². The Morgan fingerprint density at radius 3 is 2.79 bits per heavy atom. The van der Waals surface area contributed by atoms with Crippen molar-refractivity contribution in [3.05, 3.63) is 28.2 Å². The maximum atomic E-state index is 9.34. The van der Waals surface area contributed by atoms with Crippen LogP contribution >= 0.6 is 15.9 Å². The predicted octanol–water partition coefficient (Wildman–Crippen LogP) is 2.91. The van der Waals surface area contributed by atoms with Crippen molar-refractivity contribution in [1.82, 2.24) is 5.32 Å². The molecule has 0 amide bonds. The molecule has 2 rings (SSSR count). The Labute approximate surface area is 124 Å². The highest BCUT2D eigenvalue weighted by Gasteiger charge is 2.20. The van der Waals surface area contributed by atoms with E-state index in [0.29, 0.717) is 0 Å². The third-order valence-corrected chi connectivity index (χ3v) is 4.11. The number of hydrogen-bond acceptors (Lipinski definition) is 3.